The van der Waals surface area contributed by atoms with E-state index in [0.29, 0.717) is 29.6 Å². The van der Waals surface area contributed by atoms with Gasteiger partial charge in [0.1, 0.15) is 22.7 Å². The van der Waals surface area contributed by atoms with Crippen LogP contribution in [0.2, 0.25) is 0 Å². The lowest BCUT2D eigenvalue weighted by molar-refractivity contribution is 0.0696. The van der Waals surface area contributed by atoms with Gasteiger partial charge < -0.3 is 14.3 Å². The summed E-state index contributed by atoms with van der Waals surface area (Å²) < 4.78 is 10.8. The van der Waals surface area contributed by atoms with Crippen molar-refractivity contribution >= 4 is 16.9 Å². The van der Waals surface area contributed by atoms with Crippen molar-refractivity contribution in [2.45, 2.75) is 12.8 Å². The van der Waals surface area contributed by atoms with Crippen LogP contribution in [0.4, 0.5) is 0 Å². The number of carbonyl (C=O) groups is 1. The molecule has 0 aliphatic heterocycles. The number of aryl methyl sites for hydroxylation is 2. The standard InChI is InChI=1S/C18H16O4/c1-21-13-9-6-12(7-10-13)8-11-16-17(18(19)20)14-4-2-3-5-15(14)22-16/h2-7,9-10H,8,11H2,1H3,(H,19,20). The Balaban J connectivity index is 1.86. The number of para-hydroxylation sites is 1. The summed E-state index contributed by atoms with van der Waals surface area (Å²) in [5.41, 5.74) is 1.99. The van der Waals surface area contributed by atoms with Crippen LogP contribution in [-0.2, 0) is 12.8 Å². The molecule has 4 nitrogen and oxygen atoms in total. The highest BCUT2D eigenvalue weighted by Gasteiger charge is 2.19. The molecule has 4 heteroatoms. The minimum atomic E-state index is -0.949. The van der Waals surface area contributed by atoms with Crippen LogP contribution < -0.4 is 4.74 Å². The van der Waals surface area contributed by atoms with Gasteiger partial charge in [-0.25, -0.2) is 4.79 Å². The van der Waals surface area contributed by atoms with Crippen molar-refractivity contribution in [3.63, 3.8) is 0 Å². The number of hydrogen-bond donors (Lipinski definition) is 1. The molecule has 1 heterocycles. The van der Waals surface area contributed by atoms with Crippen LogP contribution in [0.15, 0.2) is 52.9 Å². The topological polar surface area (TPSA) is 59.7 Å². The van der Waals surface area contributed by atoms with Gasteiger partial charge in [0, 0.05) is 11.8 Å². The fourth-order valence-electron chi connectivity index (χ4n) is 2.56. The molecule has 1 aromatic heterocycles. The number of rotatable bonds is 5. The average molecular weight is 296 g/mol. The van der Waals surface area contributed by atoms with Gasteiger partial charge in [0.05, 0.1) is 7.11 Å². The van der Waals surface area contributed by atoms with E-state index < -0.39 is 5.97 Å². The van der Waals surface area contributed by atoms with E-state index in [1.807, 2.05) is 36.4 Å². The predicted octanol–water partition coefficient (Wildman–Crippen LogP) is 3.92. The predicted molar refractivity (Wildman–Crippen MR) is 83.6 cm³/mol. The lowest BCUT2D eigenvalue weighted by atomic mass is 10.0. The number of methoxy groups -OCH3 is 1. The van der Waals surface area contributed by atoms with E-state index in [1.54, 1.807) is 19.2 Å². The number of benzene rings is 2. The minimum Gasteiger partial charge on any atom is -0.497 e. The molecule has 3 rings (SSSR count). The Morgan fingerprint density at radius 2 is 1.82 bits per heavy atom. The van der Waals surface area contributed by atoms with Crippen LogP contribution >= 0.6 is 0 Å². The molecule has 0 aliphatic carbocycles. The first-order valence-corrected chi connectivity index (χ1v) is 7.05. The minimum absolute atomic E-state index is 0.268. The molecule has 0 radical (unpaired) electrons. The first-order valence-electron chi connectivity index (χ1n) is 7.05. The number of fused-ring (bicyclic) bond motifs is 1. The maximum Gasteiger partial charge on any atom is 0.339 e. The number of carboxylic acid groups (broad SMARTS) is 1. The highest BCUT2D eigenvalue weighted by atomic mass is 16.5. The molecule has 22 heavy (non-hydrogen) atoms. The summed E-state index contributed by atoms with van der Waals surface area (Å²) in [7, 11) is 1.63. The van der Waals surface area contributed by atoms with E-state index in [2.05, 4.69) is 0 Å². The smallest absolute Gasteiger partial charge is 0.339 e. The highest BCUT2D eigenvalue weighted by molar-refractivity contribution is 6.03. The zero-order chi connectivity index (χ0) is 15.5. The fourth-order valence-corrected chi connectivity index (χ4v) is 2.56. The van der Waals surface area contributed by atoms with Crippen LogP contribution in [0.25, 0.3) is 11.0 Å². The van der Waals surface area contributed by atoms with Crippen LogP contribution in [0.3, 0.4) is 0 Å². The van der Waals surface area contributed by atoms with Crippen molar-refractivity contribution in [2.24, 2.45) is 0 Å². The third-order valence-corrected chi connectivity index (χ3v) is 3.68. The summed E-state index contributed by atoms with van der Waals surface area (Å²) in [6.45, 7) is 0. The Kier molecular flexibility index (Phi) is 3.83. The van der Waals surface area contributed by atoms with Gasteiger partial charge in [-0.3, -0.25) is 0 Å². The molecule has 0 saturated carbocycles. The molecule has 0 aliphatic rings. The molecular formula is C18H16O4. The zero-order valence-corrected chi connectivity index (χ0v) is 12.2. The van der Waals surface area contributed by atoms with Crippen LogP contribution in [0.5, 0.6) is 5.75 Å². The molecule has 0 fully saturated rings. The molecule has 0 bridgehead atoms. The van der Waals surface area contributed by atoms with Crippen molar-refractivity contribution in [3.8, 4) is 5.75 Å². The van der Waals surface area contributed by atoms with E-state index in [1.165, 1.54) is 0 Å². The third kappa shape index (κ3) is 2.68. The second-order valence-corrected chi connectivity index (χ2v) is 5.05. The summed E-state index contributed by atoms with van der Waals surface area (Å²) in [5.74, 6) is 0.373. The first-order chi connectivity index (χ1) is 10.7. The summed E-state index contributed by atoms with van der Waals surface area (Å²) >= 11 is 0. The number of furan rings is 1. The van der Waals surface area contributed by atoms with Crippen molar-refractivity contribution < 1.29 is 19.1 Å². The Hall–Kier alpha value is -2.75. The van der Waals surface area contributed by atoms with Gasteiger partial charge in [-0.1, -0.05) is 30.3 Å². The Morgan fingerprint density at radius 1 is 1.09 bits per heavy atom. The lowest BCUT2D eigenvalue weighted by Gasteiger charge is -2.03. The van der Waals surface area contributed by atoms with Gasteiger partial charge in [0.15, 0.2) is 0 Å². The Labute approximate surface area is 127 Å². The molecule has 2 aromatic carbocycles. The monoisotopic (exact) mass is 296 g/mol. The second kappa shape index (κ2) is 5.93. The maximum absolute atomic E-state index is 11.5. The van der Waals surface area contributed by atoms with E-state index in [9.17, 15) is 9.90 Å². The molecule has 0 amide bonds. The van der Waals surface area contributed by atoms with Gasteiger partial charge in [0.25, 0.3) is 0 Å². The zero-order valence-electron chi connectivity index (χ0n) is 12.2. The quantitative estimate of drug-likeness (QED) is 0.775. The van der Waals surface area contributed by atoms with Crippen LogP contribution in [0, 0.1) is 0 Å². The molecular weight excluding hydrogens is 280 g/mol. The molecule has 0 unspecified atom stereocenters. The average Bonchev–Trinajstić information content (AvgIpc) is 2.92. The summed E-state index contributed by atoms with van der Waals surface area (Å²) in [6.07, 6.45) is 1.26. The highest BCUT2D eigenvalue weighted by Crippen LogP contribution is 2.27. The molecule has 112 valence electrons. The SMILES string of the molecule is COc1ccc(CCc2oc3ccccc3c2C(=O)O)cc1. The number of aromatic carboxylic acids is 1. The van der Waals surface area contributed by atoms with Crippen molar-refractivity contribution in [2.75, 3.05) is 7.11 Å². The van der Waals surface area contributed by atoms with Gasteiger partial charge in [0.2, 0.25) is 0 Å². The first kappa shape index (κ1) is 14.2. The van der Waals surface area contributed by atoms with Crippen molar-refractivity contribution in [3.05, 3.63) is 65.4 Å². The van der Waals surface area contributed by atoms with E-state index in [0.717, 1.165) is 11.3 Å². The fraction of sp³-hybridized carbons (Fsp3) is 0.167. The molecule has 1 N–H and O–H groups in total. The van der Waals surface area contributed by atoms with Crippen LogP contribution in [-0.4, -0.2) is 18.2 Å². The van der Waals surface area contributed by atoms with Gasteiger partial charge >= 0.3 is 5.97 Å². The van der Waals surface area contributed by atoms with E-state index in [4.69, 9.17) is 9.15 Å². The second-order valence-electron chi connectivity index (χ2n) is 5.05. The van der Waals surface area contributed by atoms with Crippen molar-refractivity contribution in [1.29, 1.82) is 0 Å². The van der Waals surface area contributed by atoms with Gasteiger partial charge in [-0.05, 0) is 30.2 Å². The van der Waals surface area contributed by atoms with Gasteiger partial charge in [-0.15, -0.1) is 0 Å². The number of ether oxygens (including phenoxy) is 1. The van der Waals surface area contributed by atoms with E-state index in [-0.39, 0.29) is 5.56 Å². The Morgan fingerprint density at radius 3 is 2.50 bits per heavy atom. The van der Waals surface area contributed by atoms with Crippen molar-refractivity contribution in [1.82, 2.24) is 0 Å². The maximum atomic E-state index is 11.5. The molecule has 0 atom stereocenters. The number of hydrogen-bond acceptors (Lipinski definition) is 3. The third-order valence-electron chi connectivity index (χ3n) is 3.68. The van der Waals surface area contributed by atoms with E-state index >= 15 is 0 Å². The lowest BCUT2D eigenvalue weighted by Crippen LogP contribution is -2.01. The Bertz CT molecular complexity index is 800. The van der Waals surface area contributed by atoms with Gasteiger partial charge in [-0.2, -0.15) is 0 Å². The molecule has 3 aromatic rings. The molecule has 0 spiro atoms. The number of carboxylic acids is 1. The summed E-state index contributed by atoms with van der Waals surface area (Å²) in [4.78, 5) is 11.5. The largest absolute Gasteiger partial charge is 0.497 e. The normalized spacial score (nSPS) is 10.8. The summed E-state index contributed by atoms with van der Waals surface area (Å²) in [6, 6.07) is 15.0. The summed E-state index contributed by atoms with van der Waals surface area (Å²) in [5, 5.41) is 10.1. The van der Waals surface area contributed by atoms with Crippen LogP contribution in [0.1, 0.15) is 21.7 Å². The molecule has 0 saturated heterocycles.